The summed E-state index contributed by atoms with van der Waals surface area (Å²) in [6.07, 6.45) is 0. The van der Waals surface area contributed by atoms with Crippen molar-refractivity contribution in [3.63, 3.8) is 0 Å². The van der Waals surface area contributed by atoms with E-state index in [-0.39, 0.29) is 29.6 Å². The molecule has 30 heavy (non-hydrogen) atoms. The van der Waals surface area contributed by atoms with Gasteiger partial charge in [-0.1, -0.05) is 60.1 Å². The molecule has 6 heteroatoms. The third-order valence-corrected chi connectivity index (χ3v) is 5.22. The molecule has 0 radical (unpaired) electrons. The second kappa shape index (κ2) is 8.22. The Hall–Kier alpha value is -3.28. The van der Waals surface area contributed by atoms with Crippen LogP contribution in [0.4, 0.5) is 5.69 Å². The van der Waals surface area contributed by atoms with Crippen molar-refractivity contribution in [2.75, 3.05) is 18.9 Å². The highest BCUT2D eigenvalue weighted by Crippen LogP contribution is 2.31. The van der Waals surface area contributed by atoms with E-state index in [0.717, 1.165) is 5.56 Å². The number of fused-ring (bicyclic) bond motifs is 2. The standard InChI is InChI=1S/C24H19ClN2O3/c1-27(13-15-6-4-7-16(25)12-15)14-21(28)26-20-11-5-10-19-22(20)24(30)18-9-3-2-8-17(18)23(19)29/h2-12H,13-14H2,1H3,(H,26,28). The van der Waals surface area contributed by atoms with Crippen molar-refractivity contribution in [2.45, 2.75) is 6.54 Å². The van der Waals surface area contributed by atoms with Crippen LogP contribution < -0.4 is 5.32 Å². The van der Waals surface area contributed by atoms with Gasteiger partial charge in [-0.3, -0.25) is 19.3 Å². The van der Waals surface area contributed by atoms with Crippen LogP contribution in [0.2, 0.25) is 5.02 Å². The number of anilines is 1. The number of amides is 1. The lowest BCUT2D eigenvalue weighted by Gasteiger charge is -2.21. The molecule has 4 rings (SSSR count). The fourth-order valence-corrected chi connectivity index (χ4v) is 3.90. The predicted molar refractivity (Wildman–Crippen MR) is 116 cm³/mol. The maximum atomic E-state index is 13.0. The minimum Gasteiger partial charge on any atom is -0.324 e. The summed E-state index contributed by atoms with van der Waals surface area (Å²) >= 11 is 6.01. The first kappa shape index (κ1) is 20.0. The SMILES string of the molecule is CN(CC(=O)Nc1cccc2c1C(=O)c1ccccc1C2=O)Cc1cccc(Cl)c1. The zero-order valence-electron chi connectivity index (χ0n) is 16.3. The highest BCUT2D eigenvalue weighted by atomic mass is 35.5. The Bertz CT molecular complexity index is 1170. The Morgan fingerprint density at radius 2 is 1.57 bits per heavy atom. The van der Waals surface area contributed by atoms with Crippen molar-refractivity contribution in [2.24, 2.45) is 0 Å². The summed E-state index contributed by atoms with van der Waals surface area (Å²) in [4.78, 5) is 40.3. The number of rotatable bonds is 5. The van der Waals surface area contributed by atoms with Gasteiger partial charge in [-0.15, -0.1) is 0 Å². The zero-order valence-corrected chi connectivity index (χ0v) is 17.1. The van der Waals surface area contributed by atoms with Crippen LogP contribution in [-0.4, -0.2) is 36.0 Å². The molecule has 0 bridgehead atoms. The van der Waals surface area contributed by atoms with Gasteiger partial charge in [-0.25, -0.2) is 0 Å². The van der Waals surface area contributed by atoms with E-state index in [1.165, 1.54) is 0 Å². The highest BCUT2D eigenvalue weighted by Gasteiger charge is 2.31. The molecule has 3 aromatic carbocycles. The third-order valence-electron chi connectivity index (χ3n) is 4.98. The summed E-state index contributed by atoms with van der Waals surface area (Å²) in [7, 11) is 1.83. The molecule has 0 aromatic heterocycles. The molecule has 0 fully saturated rings. The summed E-state index contributed by atoms with van der Waals surface area (Å²) in [5.74, 6) is -0.746. The summed E-state index contributed by atoms with van der Waals surface area (Å²) in [6, 6.07) is 19.1. The lowest BCUT2D eigenvalue weighted by atomic mass is 9.83. The number of carbonyl (C=O) groups is 3. The van der Waals surface area contributed by atoms with E-state index in [2.05, 4.69) is 5.32 Å². The minimum absolute atomic E-state index is 0.120. The van der Waals surface area contributed by atoms with Crippen molar-refractivity contribution >= 4 is 34.8 Å². The van der Waals surface area contributed by atoms with Crippen LogP contribution in [0, 0.1) is 0 Å². The van der Waals surface area contributed by atoms with E-state index in [4.69, 9.17) is 11.6 Å². The second-order valence-corrected chi connectivity index (χ2v) is 7.72. The van der Waals surface area contributed by atoms with E-state index in [1.54, 1.807) is 48.5 Å². The second-order valence-electron chi connectivity index (χ2n) is 7.28. The fraction of sp³-hybridized carbons (Fsp3) is 0.125. The number of carbonyl (C=O) groups excluding carboxylic acids is 3. The molecule has 1 amide bonds. The van der Waals surface area contributed by atoms with Gasteiger partial charge in [0.25, 0.3) is 0 Å². The van der Waals surface area contributed by atoms with Crippen molar-refractivity contribution < 1.29 is 14.4 Å². The minimum atomic E-state index is -0.271. The summed E-state index contributed by atoms with van der Waals surface area (Å²) < 4.78 is 0. The van der Waals surface area contributed by atoms with Crippen LogP contribution in [0.15, 0.2) is 66.7 Å². The van der Waals surface area contributed by atoms with Gasteiger partial charge >= 0.3 is 0 Å². The molecule has 0 saturated carbocycles. The molecule has 3 aromatic rings. The van der Waals surface area contributed by atoms with E-state index in [9.17, 15) is 14.4 Å². The summed E-state index contributed by atoms with van der Waals surface area (Å²) in [5.41, 5.74) is 2.64. The zero-order chi connectivity index (χ0) is 21.3. The Morgan fingerprint density at radius 3 is 2.30 bits per heavy atom. The molecule has 5 nitrogen and oxygen atoms in total. The van der Waals surface area contributed by atoms with Gasteiger partial charge in [0.1, 0.15) is 0 Å². The van der Waals surface area contributed by atoms with Crippen molar-refractivity contribution in [1.29, 1.82) is 0 Å². The van der Waals surface area contributed by atoms with Gasteiger partial charge in [-0.2, -0.15) is 0 Å². The molecule has 1 aliphatic rings. The monoisotopic (exact) mass is 418 g/mol. The van der Waals surface area contributed by atoms with Gasteiger partial charge in [0.15, 0.2) is 11.6 Å². The van der Waals surface area contributed by atoms with Crippen molar-refractivity contribution in [3.8, 4) is 0 Å². The number of hydrogen-bond acceptors (Lipinski definition) is 4. The van der Waals surface area contributed by atoms with Crippen LogP contribution in [0.5, 0.6) is 0 Å². The molecule has 0 unspecified atom stereocenters. The third kappa shape index (κ3) is 3.90. The summed E-state index contributed by atoms with van der Waals surface area (Å²) in [6.45, 7) is 0.667. The molecular weight excluding hydrogens is 400 g/mol. The molecular formula is C24H19ClN2O3. The van der Waals surface area contributed by atoms with E-state index in [0.29, 0.717) is 33.9 Å². The average molecular weight is 419 g/mol. The largest absolute Gasteiger partial charge is 0.324 e. The van der Waals surface area contributed by atoms with Crippen LogP contribution in [-0.2, 0) is 11.3 Å². The summed E-state index contributed by atoms with van der Waals surface area (Å²) in [5, 5.41) is 3.44. The quantitative estimate of drug-likeness (QED) is 0.528. The first-order chi connectivity index (χ1) is 14.4. The topological polar surface area (TPSA) is 66.5 Å². The molecule has 0 saturated heterocycles. The molecule has 0 spiro atoms. The Balaban J connectivity index is 1.52. The number of likely N-dealkylation sites (N-methyl/N-ethyl adjacent to an activating group) is 1. The Labute approximate surface area is 179 Å². The van der Waals surface area contributed by atoms with E-state index < -0.39 is 0 Å². The van der Waals surface area contributed by atoms with E-state index in [1.807, 2.05) is 30.1 Å². The fourth-order valence-electron chi connectivity index (χ4n) is 3.69. The Kier molecular flexibility index (Phi) is 5.48. The first-order valence-electron chi connectivity index (χ1n) is 9.48. The lowest BCUT2D eigenvalue weighted by molar-refractivity contribution is -0.117. The molecule has 1 aliphatic carbocycles. The van der Waals surface area contributed by atoms with E-state index >= 15 is 0 Å². The molecule has 0 heterocycles. The van der Waals surface area contributed by atoms with Gasteiger partial charge in [0.2, 0.25) is 5.91 Å². The average Bonchev–Trinajstić information content (AvgIpc) is 2.71. The molecule has 0 atom stereocenters. The van der Waals surface area contributed by atoms with Crippen LogP contribution >= 0.6 is 11.6 Å². The van der Waals surface area contributed by atoms with Gasteiger partial charge in [0.05, 0.1) is 17.8 Å². The van der Waals surface area contributed by atoms with Crippen LogP contribution in [0.1, 0.15) is 37.4 Å². The maximum Gasteiger partial charge on any atom is 0.238 e. The highest BCUT2D eigenvalue weighted by molar-refractivity contribution is 6.31. The normalized spacial score (nSPS) is 12.5. The maximum absolute atomic E-state index is 13.0. The Morgan fingerprint density at radius 1 is 0.900 bits per heavy atom. The van der Waals surface area contributed by atoms with Crippen LogP contribution in [0.3, 0.4) is 0 Å². The number of hydrogen-bond donors (Lipinski definition) is 1. The van der Waals surface area contributed by atoms with Crippen molar-refractivity contribution in [1.82, 2.24) is 4.90 Å². The van der Waals surface area contributed by atoms with Gasteiger partial charge in [-0.05, 0) is 30.8 Å². The number of halogens is 1. The number of ketones is 2. The number of nitrogens with one attached hydrogen (secondary N) is 1. The number of nitrogens with zero attached hydrogens (tertiary/aromatic N) is 1. The predicted octanol–water partition coefficient (Wildman–Crippen LogP) is 4.19. The molecule has 1 N–H and O–H groups in total. The lowest BCUT2D eigenvalue weighted by Crippen LogP contribution is -2.31. The van der Waals surface area contributed by atoms with Crippen LogP contribution in [0.25, 0.3) is 0 Å². The number of benzene rings is 3. The van der Waals surface area contributed by atoms with Gasteiger partial charge in [0, 0.05) is 28.3 Å². The molecule has 150 valence electrons. The van der Waals surface area contributed by atoms with Gasteiger partial charge < -0.3 is 5.32 Å². The smallest absolute Gasteiger partial charge is 0.238 e. The molecule has 0 aliphatic heterocycles. The van der Waals surface area contributed by atoms with Crippen molar-refractivity contribution in [3.05, 3.63) is 99.6 Å². The first-order valence-corrected chi connectivity index (χ1v) is 9.86.